The molecular weight excluding hydrogens is 364 g/mol. The minimum atomic E-state index is -0.357. The molecule has 2 N–H and O–H groups in total. The van der Waals surface area contributed by atoms with E-state index in [-0.39, 0.29) is 11.7 Å². The number of carbonyl (C=O) groups excluding carboxylic acids is 1. The van der Waals surface area contributed by atoms with E-state index in [2.05, 4.69) is 43.6 Å². The lowest BCUT2D eigenvalue weighted by molar-refractivity contribution is -0.115. The maximum absolute atomic E-state index is 11.1. The zero-order valence-electron chi connectivity index (χ0n) is 15.6. The van der Waals surface area contributed by atoms with Crippen LogP contribution in [-0.2, 0) is 24.2 Å². The summed E-state index contributed by atoms with van der Waals surface area (Å²) >= 11 is 3.14. The molecule has 0 saturated heterocycles. The first-order valence-corrected chi connectivity index (χ1v) is 10.7. The van der Waals surface area contributed by atoms with Gasteiger partial charge in [0.15, 0.2) is 11.0 Å². The minimum Gasteiger partial charge on any atom is -0.369 e. The van der Waals surface area contributed by atoms with Gasteiger partial charge in [0.2, 0.25) is 5.91 Å². The average molecular weight is 391 g/mol. The summed E-state index contributed by atoms with van der Waals surface area (Å²) in [6, 6.07) is 2.28. The first kappa shape index (κ1) is 19.2. The fraction of sp³-hybridized carbons (Fsp3) is 0.526. The first-order valence-electron chi connectivity index (χ1n) is 8.86. The second kappa shape index (κ2) is 7.56. The molecule has 2 aromatic heterocycles. The third-order valence-electron chi connectivity index (χ3n) is 4.90. The van der Waals surface area contributed by atoms with E-state index in [1.54, 1.807) is 0 Å². The van der Waals surface area contributed by atoms with Crippen LogP contribution < -0.4 is 5.73 Å². The van der Waals surface area contributed by atoms with E-state index in [9.17, 15) is 4.79 Å². The van der Waals surface area contributed by atoms with Crippen LogP contribution in [0, 0.1) is 11.3 Å². The van der Waals surface area contributed by atoms with Crippen molar-refractivity contribution >= 4 is 29.0 Å². The molecule has 0 bridgehead atoms. The van der Waals surface area contributed by atoms with Crippen molar-refractivity contribution in [2.45, 2.75) is 51.7 Å². The van der Waals surface area contributed by atoms with Crippen molar-refractivity contribution < 1.29 is 4.79 Å². The van der Waals surface area contributed by atoms with E-state index in [0.29, 0.717) is 23.0 Å². The van der Waals surface area contributed by atoms with Gasteiger partial charge in [-0.3, -0.25) is 9.36 Å². The Hall–Kier alpha value is -1.60. The molecule has 0 saturated carbocycles. The Morgan fingerprint density at radius 3 is 2.92 bits per heavy atom. The van der Waals surface area contributed by atoms with E-state index in [4.69, 9.17) is 5.73 Å². The molecule has 3 rings (SSSR count). The van der Waals surface area contributed by atoms with Gasteiger partial charge >= 0.3 is 0 Å². The summed E-state index contributed by atoms with van der Waals surface area (Å²) in [5, 5.41) is 9.37. The van der Waals surface area contributed by atoms with Gasteiger partial charge in [-0.15, -0.1) is 28.1 Å². The Morgan fingerprint density at radius 1 is 1.50 bits per heavy atom. The smallest absolute Gasteiger partial charge is 0.227 e. The molecule has 1 amide bonds. The SMILES string of the molecule is C=CCn1c(SCC(N)=O)nnc1-c1cc2c(s1)CC[C@@H](C(C)(C)C)C2. The van der Waals surface area contributed by atoms with Crippen LogP contribution in [0.1, 0.15) is 37.6 Å². The molecule has 0 fully saturated rings. The molecule has 2 heterocycles. The lowest BCUT2D eigenvalue weighted by Crippen LogP contribution is -2.26. The number of hydrogen-bond acceptors (Lipinski definition) is 5. The van der Waals surface area contributed by atoms with E-state index in [1.165, 1.54) is 28.6 Å². The maximum Gasteiger partial charge on any atom is 0.227 e. The molecule has 2 aromatic rings. The number of rotatable bonds is 6. The van der Waals surface area contributed by atoms with Crippen LogP contribution in [0.4, 0.5) is 0 Å². The van der Waals surface area contributed by atoms with Crippen LogP contribution in [0.3, 0.4) is 0 Å². The molecule has 0 radical (unpaired) electrons. The zero-order valence-corrected chi connectivity index (χ0v) is 17.3. The summed E-state index contributed by atoms with van der Waals surface area (Å²) in [5.74, 6) is 1.40. The Bertz CT molecular complexity index is 816. The predicted molar refractivity (Wildman–Crippen MR) is 108 cm³/mol. The fourth-order valence-electron chi connectivity index (χ4n) is 3.38. The molecule has 0 aliphatic heterocycles. The van der Waals surface area contributed by atoms with E-state index < -0.39 is 0 Å². The highest BCUT2D eigenvalue weighted by Crippen LogP contribution is 2.42. The third kappa shape index (κ3) is 4.04. The Labute approximate surface area is 163 Å². The molecule has 5 nitrogen and oxygen atoms in total. The van der Waals surface area contributed by atoms with E-state index in [0.717, 1.165) is 23.5 Å². The van der Waals surface area contributed by atoms with Crippen molar-refractivity contribution in [3.8, 4) is 10.7 Å². The number of hydrogen-bond donors (Lipinski definition) is 1. The monoisotopic (exact) mass is 390 g/mol. The first-order chi connectivity index (χ1) is 12.3. The molecule has 26 heavy (non-hydrogen) atoms. The van der Waals surface area contributed by atoms with Crippen molar-refractivity contribution in [1.82, 2.24) is 14.8 Å². The summed E-state index contributed by atoms with van der Waals surface area (Å²) in [7, 11) is 0. The van der Waals surface area contributed by atoms with Crippen LogP contribution in [0.15, 0.2) is 23.9 Å². The Balaban J connectivity index is 1.89. The molecule has 1 aliphatic carbocycles. The van der Waals surface area contributed by atoms with Gasteiger partial charge in [0.25, 0.3) is 0 Å². The number of fused-ring (bicyclic) bond motifs is 1. The molecule has 1 atom stereocenters. The number of thioether (sulfide) groups is 1. The van der Waals surface area contributed by atoms with Gasteiger partial charge in [-0.25, -0.2) is 0 Å². The number of thiophene rings is 1. The highest BCUT2D eigenvalue weighted by Gasteiger charge is 2.30. The molecular formula is C19H26N4OS2. The lowest BCUT2D eigenvalue weighted by Gasteiger charge is -2.33. The molecule has 140 valence electrons. The van der Waals surface area contributed by atoms with Crippen molar-refractivity contribution in [2.24, 2.45) is 17.1 Å². The topological polar surface area (TPSA) is 73.8 Å². The number of nitrogens with zero attached hydrogens (tertiary/aromatic N) is 3. The average Bonchev–Trinajstić information content (AvgIpc) is 3.15. The highest BCUT2D eigenvalue weighted by atomic mass is 32.2. The Morgan fingerprint density at radius 2 is 2.27 bits per heavy atom. The number of allylic oxidation sites excluding steroid dienone is 1. The molecule has 0 spiro atoms. The molecule has 0 unspecified atom stereocenters. The standard InChI is InChI=1S/C19H26N4OS2/c1-5-8-23-17(21-22-18(23)25-11-16(20)24)15-10-12-9-13(19(2,3)4)6-7-14(12)26-15/h5,10,13H,1,6-9,11H2,2-4H3,(H2,20,24)/t13-/m1/s1. The second-order valence-corrected chi connectivity index (χ2v) is 9.90. The van der Waals surface area contributed by atoms with Gasteiger partial charge in [-0.05, 0) is 42.2 Å². The summed E-state index contributed by atoms with van der Waals surface area (Å²) in [6.45, 7) is 11.4. The largest absolute Gasteiger partial charge is 0.369 e. The maximum atomic E-state index is 11.1. The fourth-order valence-corrected chi connectivity index (χ4v) is 5.27. The predicted octanol–water partition coefficient (Wildman–Crippen LogP) is 3.92. The van der Waals surface area contributed by atoms with Crippen LogP contribution >= 0.6 is 23.1 Å². The second-order valence-electron chi connectivity index (χ2n) is 7.83. The van der Waals surface area contributed by atoms with Gasteiger partial charge in [-0.1, -0.05) is 38.6 Å². The molecule has 7 heteroatoms. The number of nitrogens with two attached hydrogens (primary N) is 1. The summed E-state index contributed by atoms with van der Waals surface area (Å²) < 4.78 is 2.01. The number of carbonyl (C=O) groups is 1. The summed E-state index contributed by atoms with van der Waals surface area (Å²) in [6.07, 6.45) is 5.34. The number of aromatic nitrogens is 3. The highest BCUT2D eigenvalue weighted by molar-refractivity contribution is 7.99. The van der Waals surface area contributed by atoms with Crippen molar-refractivity contribution in [3.05, 3.63) is 29.2 Å². The van der Waals surface area contributed by atoms with Crippen LogP contribution in [0.2, 0.25) is 0 Å². The summed E-state index contributed by atoms with van der Waals surface area (Å²) in [5.41, 5.74) is 7.05. The van der Waals surface area contributed by atoms with Crippen LogP contribution in [0.25, 0.3) is 10.7 Å². The van der Waals surface area contributed by atoms with E-state index in [1.807, 2.05) is 22.0 Å². The third-order valence-corrected chi connectivity index (χ3v) is 7.12. The van der Waals surface area contributed by atoms with Gasteiger partial charge < -0.3 is 5.73 Å². The number of amides is 1. The minimum absolute atomic E-state index is 0.198. The van der Waals surface area contributed by atoms with Gasteiger partial charge in [0.05, 0.1) is 10.6 Å². The van der Waals surface area contributed by atoms with E-state index >= 15 is 0 Å². The van der Waals surface area contributed by atoms with Gasteiger partial charge in [-0.2, -0.15) is 0 Å². The molecule has 1 aliphatic rings. The van der Waals surface area contributed by atoms with Crippen molar-refractivity contribution in [1.29, 1.82) is 0 Å². The summed E-state index contributed by atoms with van der Waals surface area (Å²) in [4.78, 5) is 13.7. The normalized spacial score (nSPS) is 17.1. The van der Waals surface area contributed by atoms with Gasteiger partial charge in [0, 0.05) is 11.4 Å². The van der Waals surface area contributed by atoms with Crippen molar-refractivity contribution in [3.63, 3.8) is 0 Å². The quantitative estimate of drug-likeness (QED) is 0.599. The lowest BCUT2D eigenvalue weighted by atomic mass is 9.72. The van der Waals surface area contributed by atoms with Crippen LogP contribution in [0.5, 0.6) is 0 Å². The molecule has 0 aromatic carbocycles. The van der Waals surface area contributed by atoms with Crippen LogP contribution in [-0.4, -0.2) is 26.4 Å². The van der Waals surface area contributed by atoms with Gasteiger partial charge in [0.1, 0.15) is 0 Å². The number of aryl methyl sites for hydroxylation is 1. The number of primary amides is 1. The Kier molecular flexibility index (Phi) is 5.58. The zero-order chi connectivity index (χ0) is 18.9. The van der Waals surface area contributed by atoms with Crippen molar-refractivity contribution in [2.75, 3.05) is 5.75 Å².